The predicted molar refractivity (Wildman–Crippen MR) is 110 cm³/mol. The first kappa shape index (κ1) is 23.3. The van der Waals surface area contributed by atoms with Crippen LogP contribution in [0.25, 0.3) is 0 Å². The number of hydrogen-bond donors (Lipinski definition) is 1. The lowest BCUT2D eigenvalue weighted by Crippen LogP contribution is -2.50. The minimum absolute atomic E-state index is 0.0319. The number of ether oxygens (including phenoxy) is 1. The Balaban J connectivity index is 1.82. The minimum atomic E-state index is -3.54. The number of benzene rings is 1. The fourth-order valence-electron chi connectivity index (χ4n) is 3.46. The SMILES string of the molecule is COc1ccc(S(=O)(=O)N2CCN(CCC(=O)NC(C)(C)CC(C)=O)CC2)cc1. The summed E-state index contributed by atoms with van der Waals surface area (Å²) in [7, 11) is -2.00. The Morgan fingerprint density at radius 2 is 1.69 bits per heavy atom. The molecule has 1 aliphatic heterocycles. The van der Waals surface area contributed by atoms with Crippen molar-refractivity contribution in [1.29, 1.82) is 0 Å². The second-order valence-electron chi connectivity index (χ2n) is 7.98. The van der Waals surface area contributed by atoms with Crippen molar-refractivity contribution in [3.05, 3.63) is 24.3 Å². The first-order valence-electron chi connectivity index (χ1n) is 9.70. The summed E-state index contributed by atoms with van der Waals surface area (Å²) in [5.41, 5.74) is -0.561. The quantitative estimate of drug-likeness (QED) is 0.640. The second kappa shape index (κ2) is 9.69. The summed E-state index contributed by atoms with van der Waals surface area (Å²) in [6.45, 7) is 7.62. The van der Waals surface area contributed by atoms with E-state index in [4.69, 9.17) is 4.74 Å². The molecule has 0 atom stereocenters. The van der Waals surface area contributed by atoms with Crippen molar-refractivity contribution >= 4 is 21.7 Å². The molecule has 8 nitrogen and oxygen atoms in total. The van der Waals surface area contributed by atoms with E-state index >= 15 is 0 Å². The molecule has 1 heterocycles. The van der Waals surface area contributed by atoms with E-state index in [0.717, 1.165) is 0 Å². The maximum Gasteiger partial charge on any atom is 0.243 e. The lowest BCUT2D eigenvalue weighted by molar-refractivity contribution is -0.124. The lowest BCUT2D eigenvalue weighted by atomic mass is 9.98. The fraction of sp³-hybridized carbons (Fsp3) is 0.600. The molecule has 1 aliphatic rings. The van der Waals surface area contributed by atoms with Crippen LogP contribution >= 0.6 is 0 Å². The number of hydrogen-bond acceptors (Lipinski definition) is 6. The van der Waals surface area contributed by atoms with Crippen LogP contribution in [-0.4, -0.2) is 74.7 Å². The molecule has 1 aromatic rings. The second-order valence-corrected chi connectivity index (χ2v) is 9.92. The van der Waals surface area contributed by atoms with Gasteiger partial charge in [0.15, 0.2) is 0 Å². The van der Waals surface area contributed by atoms with E-state index in [1.807, 2.05) is 13.8 Å². The number of amides is 1. The maximum absolute atomic E-state index is 12.8. The Labute approximate surface area is 173 Å². The van der Waals surface area contributed by atoms with Crippen LogP contribution in [-0.2, 0) is 19.6 Å². The number of carbonyl (C=O) groups excluding carboxylic acids is 2. The molecular formula is C20H31N3O5S. The number of ketones is 1. The molecule has 2 rings (SSSR count). The van der Waals surface area contributed by atoms with E-state index in [9.17, 15) is 18.0 Å². The molecule has 0 aromatic heterocycles. The number of carbonyl (C=O) groups is 2. The highest BCUT2D eigenvalue weighted by Crippen LogP contribution is 2.20. The smallest absolute Gasteiger partial charge is 0.243 e. The van der Waals surface area contributed by atoms with Gasteiger partial charge in [-0.3, -0.25) is 9.59 Å². The molecular weight excluding hydrogens is 394 g/mol. The van der Waals surface area contributed by atoms with Gasteiger partial charge in [-0.1, -0.05) is 0 Å². The molecule has 0 radical (unpaired) electrons. The van der Waals surface area contributed by atoms with E-state index in [-0.39, 0.29) is 16.6 Å². The van der Waals surface area contributed by atoms with Crippen LogP contribution in [0.15, 0.2) is 29.2 Å². The molecule has 1 amide bonds. The third-order valence-electron chi connectivity index (χ3n) is 4.85. The molecule has 29 heavy (non-hydrogen) atoms. The van der Waals surface area contributed by atoms with Crippen LogP contribution in [0.1, 0.15) is 33.6 Å². The number of Topliss-reactive ketones (excluding diaryl/α,β-unsaturated/α-hetero) is 1. The number of nitrogens with one attached hydrogen (secondary N) is 1. The van der Waals surface area contributed by atoms with Gasteiger partial charge in [0.25, 0.3) is 0 Å². The Kier molecular flexibility index (Phi) is 7.79. The number of sulfonamides is 1. The zero-order valence-corrected chi connectivity index (χ0v) is 18.4. The summed E-state index contributed by atoms with van der Waals surface area (Å²) >= 11 is 0. The van der Waals surface area contributed by atoms with Crippen LogP contribution < -0.4 is 10.1 Å². The maximum atomic E-state index is 12.8. The summed E-state index contributed by atoms with van der Waals surface area (Å²) in [6.07, 6.45) is 0.604. The van der Waals surface area contributed by atoms with Gasteiger partial charge in [-0.2, -0.15) is 4.31 Å². The van der Waals surface area contributed by atoms with Crippen molar-refractivity contribution in [2.45, 2.75) is 44.0 Å². The Bertz CT molecular complexity index is 813. The van der Waals surface area contributed by atoms with Crippen molar-refractivity contribution in [2.24, 2.45) is 0 Å². The van der Waals surface area contributed by atoms with Gasteiger partial charge >= 0.3 is 0 Å². The molecule has 0 saturated carbocycles. The van der Waals surface area contributed by atoms with Crippen LogP contribution in [0.5, 0.6) is 5.75 Å². The van der Waals surface area contributed by atoms with Gasteiger partial charge in [0.05, 0.1) is 12.0 Å². The number of rotatable bonds is 9. The molecule has 1 fully saturated rings. The van der Waals surface area contributed by atoms with E-state index in [1.54, 1.807) is 24.3 Å². The lowest BCUT2D eigenvalue weighted by Gasteiger charge is -2.34. The standard InChI is InChI=1S/C20H31N3O5S/c1-16(24)15-20(2,3)21-19(25)9-10-22-11-13-23(14-12-22)29(26,27)18-7-5-17(28-4)6-8-18/h5-8H,9-15H2,1-4H3,(H,21,25). The van der Waals surface area contributed by atoms with E-state index in [0.29, 0.717) is 51.3 Å². The topological polar surface area (TPSA) is 96.0 Å². The Hall–Kier alpha value is -1.97. The number of piperazine rings is 1. The highest BCUT2D eigenvalue weighted by molar-refractivity contribution is 7.89. The average Bonchev–Trinajstić information content (AvgIpc) is 2.65. The van der Waals surface area contributed by atoms with Crippen LogP contribution in [0.4, 0.5) is 0 Å². The van der Waals surface area contributed by atoms with Crippen molar-refractivity contribution < 1.29 is 22.7 Å². The van der Waals surface area contributed by atoms with Crippen molar-refractivity contribution in [2.75, 3.05) is 39.8 Å². The summed E-state index contributed by atoms with van der Waals surface area (Å²) in [5, 5.41) is 2.89. The summed E-state index contributed by atoms with van der Waals surface area (Å²) in [5.74, 6) is 0.535. The van der Waals surface area contributed by atoms with Crippen molar-refractivity contribution in [3.63, 3.8) is 0 Å². The van der Waals surface area contributed by atoms with Gasteiger partial charge < -0.3 is 15.0 Å². The molecule has 0 aliphatic carbocycles. The normalized spacial score (nSPS) is 16.4. The average molecular weight is 426 g/mol. The molecule has 0 spiro atoms. The predicted octanol–water partition coefficient (Wildman–Crippen LogP) is 1.27. The zero-order chi connectivity index (χ0) is 21.7. The molecule has 162 valence electrons. The van der Waals surface area contributed by atoms with Gasteiger partial charge in [-0.25, -0.2) is 8.42 Å². The summed E-state index contributed by atoms with van der Waals surface area (Å²) < 4.78 is 32.1. The van der Waals surface area contributed by atoms with Gasteiger partial charge in [0, 0.05) is 51.1 Å². The molecule has 1 aromatic carbocycles. The number of nitrogens with zero attached hydrogens (tertiary/aromatic N) is 2. The molecule has 1 saturated heterocycles. The molecule has 0 bridgehead atoms. The monoisotopic (exact) mass is 425 g/mol. The van der Waals surface area contributed by atoms with E-state index < -0.39 is 15.6 Å². The van der Waals surface area contributed by atoms with E-state index in [2.05, 4.69) is 10.2 Å². The summed E-state index contributed by atoms with van der Waals surface area (Å²) in [4.78, 5) is 25.8. The minimum Gasteiger partial charge on any atom is -0.497 e. The highest BCUT2D eigenvalue weighted by atomic mass is 32.2. The van der Waals surface area contributed by atoms with Gasteiger partial charge in [-0.05, 0) is 45.0 Å². The van der Waals surface area contributed by atoms with E-state index in [1.165, 1.54) is 18.3 Å². The highest BCUT2D eigenvalue weighted by Gasteiger charge is 2.29. The largest absolute Gasteiger partial charge is 0.497 e. The molecule has 0 unspecified atom stereocenters. The van der Waals surface area contributed by atoms with Gasteiger partial charge in [0.2, 0.25) is 15.9 Å². The van der Waals surface area contributed by atoms with Gasteiger partial charge in [-0.15, -0.1) is 0 Å². The number of methoxy groups -OCH3 is 1. The fourth-order valence-corrected chi connectivity index (χ4v) is 4.88. The Morgan fingerprint density at radius 1 is 1.10 bits per heavy atom. The third-order valence-corrected chi connectivity index (χ3v) is 6.77. The van der Waals surface area contributed by atoms with Crippen molar-refractivity contribution in [1.82, 2.24) is 14.5 Å². The van der Waals surface area contributed by atoms with Crippen molar-refractivity contribution in [3.8, 4) is 5.75 Å². The zero-order valence-electron chi connectivity index (χ0n) is 17.6. The third kappa shape index (κ3) is 6.80. The van der Waals surface area contributed by atoms with Gasteiger partial charge in [0.1, 0.15) is 11.5 Å². The first-order valence-corrected chi connectivity index (χ1v) is 11.1. The first-order chi connectivity index (χ1) is 13.5. The van der Waals surface area contributed by atoms with Crippen LogP contribution in [0, 0.1) is 0 Å². The molecule has 1 N–H and O–H groups in total. The van der Waals surface area contributed by atoms with Crippen LogP contribution in [0.3, 0.4) is 0 Å². The Morgan fingerprint density at radius 3 is 2.21 bits per heavy atom. The van der Waals surface area contributed by atoms with Crippen LogP contribution in [0.2, 0.25) is 0 Å². The molecule has 9 heteroatoms. The summed E-state index contributed by atoms with van der Waals surface area (Å²) in [6, 6.07) is 6.37.